The highest BCUT2D eigenvalue weighted by Crippen LogP contribution is 2.26. The standard InChI is InChI=1S/C17H18FNO3/c1-2-11-21-15-5-3-4-6-16(15)22-12-17(20)19-14-9-7-13(18)8-10-14/h3-10H,2,11-12H2,1H3,(H,19,20). The zero-order valence-electron chi connectivity index (χ0n) is 12.3. The lowest BCUT2D eigenvalue weighted by Crippen LogP contribution is -2.20. The molecule has 4 nitrogen and oxygen atoms in total. The summed E-state index contributed by atoms with van der Waals surface area (Å²) >= 11 is 0. The highest BCUT2D eigenvalue weighted by Gasteiger charge is 2.08. The van der Waals surface area contributed by atoms with Gasteiger partial charge in [0.1, 0.15) is 5.82 Å². The summed E-state index contributed by atoms with van der Waals surface area (Å²) in [7, 11) is 0. The minimum absolute atomic E-state index is 0.149. The van der Waals surface area contributed by atoms with E-state index in [1.807, 2.05) is 19.1 Å². The molecule has 1 N–H and O–H groups in total. The number of anilines is 1. The summed E-state index contributed by atoms with van der Waals surface area (Å²) in [5.41, 5.74) is 0.519. The van der Waals surface area contributed by atoms with Crippen molar-refractivity contribution in [1.82, 2.24) is 0 Å². The Labute approximate surface area is 128 Å². The Morgan fingerprint density at radius 1 is 1.05 bits per heavy atom. The Kier molecular flexibility index (Phi) is 5.77. The number of carbonyl (C=O) groups is 1. The molecule has 0 atom stereocenters. The average Bonchev–Trinajstić information content (AvgIpc) is 2.54. The van der Waals surface area contributed by atoms with Gasteiger partial charge in [-0.25, -0.2) is 4.39 Å². The molecule has 0 saturated carbocycles. The topological polar surface area (TPSA) is 47.6 Å². The zero-order valence-corrected chi connectivity index (χ0v) is 12.3. The predicted octanol–water partition coefficient (Wildman–Crippen LogP) is 3.63. The Bertz CT molecular complexity index is 614. The van der Waals surface area contributed by atoms with Gasteiger partial charge in [-0.05, 0) is 42.8 Å². The summed E-state index contributed by atoms with van der Waals surface area (Å²) in [5, 5.41) is 2.63. The molecule has 116 valence electrons. The van der Waals surface area contributed by atoms with Gasteiger partial charge in [0.2, 0.25) is 0 Å². The fourth-order valence-electron chi connectivity index (χ4n) is 1.77. The molecule has 0 heterocycles. The maximum absolute atomic E-state index is 12.8. The van der Waals surface area contributed by atoms with Crippen molar-refractivity contribution in [2.45, 2.75) is 13.3 Å². The van der Waals surface area contributed by atoms with Crippen LogP contribution < -0.4 is 14.8 Å². The van der Waals surface area contributed by atoms with E-state index in [0.717, 1.165) is 6.42 Å². The summed E-state index contributed by atoms with van der Waals surface area (Å²) in [5.74, 6) is 0.456. The third-order valence-corrected chi connectivity index (χ3v) is 2.80. The van der Waals surface area contributed by atoms with Crippen LogP contribution in [0, 0.1) is 5.82 Å². The van der Waals surface area contributed by atoms with Crippen molar-refractivity contribution in [3.8, 4) is 11.5 Å². The molecule has 5 heteroatoms. The van der Waals surface area contributed by atoms with E-state index < -0.39 is 0 Å². The second-order valence-corrected chi connectivity index (χ2v) is 4.64. The molecule has 0 aliphatic carbocycles. The number of hydrogen-bond donors (Lipinski definition) is 1. The zero-order chi connectivity index (χ0) is 15.8. The summed E-state index contributed by atoms with van der Waals surface area (Å²) in [4.78, 5) is 11.8. The van der Waals surface area contributed by atoms with Crippen LogP contribution in [-0.2, 0) is 4.79 Å². The van der Waals surface area contributed by atoms with Crippen LogP contribution in [-0.4, -0.2) is 19.1 Å². The normalized spacial score (nSPS) is 10.1. The van der Waals surface area contributed by atoms with Gasteiger partial charge in [0.25, 0.3) is 5.91 Å². The van der Waals surface area contributed by atoms with Gasteiger partial charge < -0.3 is 14.8 Å². The molecule has 0 aliphatic rings. The van der Waals surface area contributed by atoms with E-state index in [1.54, 1.807) is 12.1 Å². The molecule has 0 saturated heterocycles. The first-order valence-electron chi connectivity index (χ1n) is 7.09. The Balaban J connectivity index is 1.89. The summed E-state index contributed by atoms with van der Waals surface area (Å²) in [6.45, 7) is 2.45. The summed E-state index contributed by atoms with van der Waals surface area (Å²) in [6, 6.07) is 12.7. The molecule has 0 aliphatic heterocycles. The molecular weight excluding hydrogens is 285 g/mol. The van der Waals surface area contributed by atoms with E-state index in [-0.39, 0.29) is 18.3 Å². The Morgan fingerprint density at radius 2 is 1.68 bits per heavy atom. The lowest BCUT2D eigenvalue weighted by Gasteiger charge is -2.12. The van der Waals surface area contributed by atoms with Crippen molar-refractivity contribution in [2.75, 3.05) is 18.5 Å². The van der Waals surface area contributed by atoms with Crippen LogP contribution in [0.25, 0.3) is 0 Å². The van der Waals surface area contributed by atoms with Crippen LogP contribution in [0.4, 0.5) is 10.1 Å². The number of rotatable bonds is 7. The lowest BCUT2D eigenvalue weighted by atomic mass is 10.3. The maximum Gasteiger partial charge on any atom is 0.262 e. The minimum atomic E-state index is -0.351. The smallest absolute Gasteiger partial charge is 0.262 e. The van der Waals surface area contributed by atoms with E-state index in [2.05, 4.69) is 5.32 Å². The van der Waals surface area contributed by atoms with E-state index in [4.69, 9.17) is 9.47 Å². The van der Waals surface area contributed by atoms with Crippen molar-refractivity contribution in [3.05, 3.63) is 54.3 Å². The summed E-state index contributed by atoms with van der Waals surface area (Å²) < 4.78 is 23.8. The SMILES string of the molecule is CCCOc1ccccc1OCC(=O)Nc1ccc(F)cc1. The number of halogens is 1. The average molecular weight is 303 g/mol. The molecule has 1 amide bonds. The molecule has 22 heavy (non-hydrogen) atoms. The maximum atomic E-state index is 12.8. The van der Waals surface area contributed by atoms with Crippen LogP contribution in [0.2, 0.25) is 0 Å². The Hall–Kier alpha value is -2.56. The number of ether oxygens (including phenoxy) is 2. The summed E-state index contributed by atoms with van der Waals surface area (Å²) in [6.07, 6.45) is 0.888. The van der Waals surface area contributed by atoms with Gasteiger partial charge in [-0.2, -0.15) is 0 Å². The van der Waals surface area contributed by atoms with Crippen LogP contribution >= 0.6 is 0 Å². The molecule has 2 aromatic carbocycles. The molecule has 2 rings (SSSR count). The highest BCUT2D eigenvalue weighted by molar-refractivity contribution is 5.91. The van der Waals surface area contributed by atoms with Crippen LogP contribution in [0.15, 0.2) is 48.5 Å². The highest BCUT2D eigenvalue weighted by atomic mass is 19.1. The van der Waals surface area contributed by atoms with Crippen molar-refractivity contribution >= 4 is 11.6 Å². The van der Waals surface area contributed by atoms with Gasteiger partial charge in [-0.3, -0.25) is 4.79 Å². The van der Waals surface area contributed by atoms with Gasteiger partial charge in [-0.15, -0.1) is 0 Å². The van der Waals surface area contributed by atoms with Gasteiger partial charge in [-0.1, -0.05) is 19.1 Å². The second kappa shape index (κ2) is 8.02. The first-order chi connectivity index (χ1) is 10.7. The molecule has 0 unspecified atom stereocenters. The van der Waals surface area contributed by atoms with Gasteiger partial charge in [0.15, 0.2) is 18.1 Å². The van der Waals surface area contributed by atoms with E-state index >= 15 is 0 Å². The van der Waals surface area contributed by atoms with E-state index in [9.17, 15) is 9.18 Å². The van der Waals surface area contributed by atoms with Gasteiger partial charge in [0.05, 0.1) is 6.61 Å². The number of nitrogens with one attached hydrogen (secondary N) is 1. The number of amides is 1. The third-order valence-electron chi connectivity index (χ3n) is 2.80. The quantitative estimate of drug-likeness (QED) is 0.849. The molecule has 0 radical (unpaired) electrons. The monoisotopic (exact) mass is 303 g/mol. The first-order valence-corrected chi connectivity index (χ1v) is 7.09. The molecule has 0 fully saturated rings. The van der Waals surface area contributed by atoms with Crippen LogP contribution in [0.1, 0.15) is 13.3 Å². The van der Waals surface area contributed by atoms with E-state index in [0.29, 0.717) is 23.8 Å². The van der Waals surface area contributed by atoms with Crippen molar-refractivity contribution in [2.24, 2.45) is 0 Å². The predicted molar refractivity (Wildman–Crippen MR) is 82.8 cm³/mol. The number of para-hydroxylation sites is 2. The van der Waals surface area contributed by atoms with E-state index in [1.165, 1.54) is 24.3 Å². The Morgan fingerprint density at radius 3 is 2.32 bits per heavy atom. The second-order valence-electron chi connectivity index (χ2n) is 4.64. The van der Waals surface area contributed by atoms with Crippen LogP contribution in [0.5, 0.6) is 11.5 Å². The van der Waals surface area contributed by atoms with Gasteiger partial charge in [0, 0.05) is 5.69 Å². The molecule has 0 aromatic heterocycles. The van der Waals surface area contributed by atoms with Crippen molar-refractivity contribution < 1.29 is 18.7 Å². The minimum Gasteiger partial charge on any atom is -0.490 e. The lowest BCUT2D eigenvalue weighted by molar-refractivity contribution is -0.118. The molecule has 2 aromatic rings. The number of hydrogen-bond acceptors (Lipinski definition) is 3. The third kappa shape index (κ3) is 4.77. The number of carbonyl (C=O) groups excluding carboxylic acids is 1. The fourth-order valence-corrected chi connectivity index (χ4v) is 1.77. The van der Waals surface area contributed by atoms with Crippen LogP contribution in [0.3, 0.4) is 0 Å². The largest absolute Gasteiger partial charge is 0.490 e. The first kappa shape index (κ1) is 15.8. The van der Waals surface area contributed by atoms with Gasteiger partial charge >= 0.3 is 0 Å². The van der Waals surface area contributed by atoms with Crippen molar-refractivity contribution in [3.63, 3.8) is 0 Å². The van der Waals surface area contributed by atoms with Crippen molar-refractivity contribution in [1.29, 1.82) is 0 Å². The number of benzene rings is 2. The molecule has 0 bridgehead atoms. The molecule has 0 spiro atoms. The fraction of sp³-hybridized carbons (Fsp3) is 0.235. The molecular formula is C17H18FNO3.